The molecule has 7 nitrogen and oxygen atoms in total. The number of benzene rings is 1. The van der Waals surface area contributed by atoms with Gasteiger partial charge in [0.1, 0.15) is 0 Å². The third-order valence-corrected chi connectivity index (χ3v) is 5.32. The fourth-order valence-corrected chi connectivity index (χ4v) is 3.72. The number of hydrogen-bond acceptors (Lipinski definition) is 5. The molecule has 1 aromatic carbocycles. The van der Waals surface area contributed by atoms with Crippen molar-refractivity contribution in [1.29, 1.82) is 0 Å². The van der Waals surface area contributed by atoms with Crippen LogP contribution in [0.1, 0.15) is 18.4 Å². The SMILES string of the molecule is COCc1cc(N2CCCC2=O)ccc1N1CCN(CC(=O)N(C)C)CC1. The Hall–Kier alpha value is -2.12. The lowest BCUT2D eigenvalue weighted by Crippen LogP contribution is -2.49. The Balaban J connectivity index is 1.69. The standard InChI is InChI=1S/C20H30N4O3/c1-21(2)20(26)14-22-9-11-23(12-10-22)18-7-6-17(13-16(18)15-27-3)24-8-4-5-19(24)25/h6-7,13H,4-5,8-12,14-15H2,1-3H3. The van der Waals surface area contributed by atoms with Gasteiger partial charge in [0.15, 0.2) is 0 Å². The first-order valence-corrected chi connectivity index (χ1v) is 9.59. The Morgan fingerprint density at radius 1 is 1.15 bits per heavy atom. The van der Waals surface area contributed by atoms with Gasteiger partial charge in [-0.1, -0.05) is 0 Å². The van der Waals surface area contributed by atoms with Crippen molar-refractivity contribution in [3.8, 4) is 0 Å². The van der Waals surface area contributed by atoms with Crippen LogP contribution in [0.3, 0.4) is 0 Å². The van der Waals surface area contributed by atoms with Crippen LogP contribution < -0.4 is 9.80 Å². The number of rotatable bonds is 6. The van der Waals surface area contributed by atoms with Gasteiger partial charge in [-0.2, -0.15) is 0 Å². The summed E-state index contributed by atoms with van der Waals surface area (Å²) in [6.45, 7) is 5.26. The Labute approximate surface area is 161 Å². The van der Waals surface area contributed by atoms with Crippen LogP contribution in [0.2, 0.25) is 0 Å². The van der Waals surface area contributed by atoms with Gasteiger partial charge >= 0.3 is 0 Å². The van der Waals surface area contributed by atoms with Gasteiger partial charge in [-0.25, -0.2) is 0 Å². The topological polar surface area (TPSA) is 56.3 Å². The molecule has 2 aliphatic heterocycles. The molecule has 2 amide bonds. The molecule has 27 heavy (non-hydrogen) atoms. The quantitative estimate of drug-likeness (QED) is 0.748. The highest BCUT2D eigenvalue weighted by molar-refractivity contribution is 5.95. The summed E-state index contributed by atoms with van der Waals surface area (Å²) >= 11 is 0. The molecule has 2 aliphatic rings. The van der Waals surface area contributed by atoms with E-state index in [1.54, 1.807) is 26.1 Å². The molecule has 0 aliphatic carbocycles. The molecule has 0 N–H and O–H groups in total. The van der Waals surface area contributed by atoms with Crippen LogP contribution >= 0.6 is 0 Å². The van der Waals surface area contributed by atoms with E-state index in [2.05, 4.69) is 21.9 Å². The smallest absolute Gasteiger partial charge is 0.236 e. The van der Waals surface area contributed by atoms with Crippen LogP contribution in [0.4, 0.5) is 11.4 Å². The van der Waals surface area contributed by atoms with Gasteiger partial charge < -0.3 is 19.4 Å². The van der Waals surface area contributed by atoms with E-state index in [-0.39, 0.29) is 11.8 Å². The summed E-state index contributed by atoms with van der Waals surface area (Å²) in [5.74, 6) is 0.341. The summed E-state index contributed by atoms with van der Waals surface area (Å²) in [7, 11) is 5.28. The molecule has 148 valence electrons. The molecular formula is C20H30N4O3. The summed E-state index contributed by atoms with van der Waals surface area (Å²) in [5, 5.41) is 0. The minimum absolute atomic E-state index is 0.142. The van der Waals surface area contributed by atoms with E-state index in [0.717, 1.165) is 56.1 Å². The van der Waals surface area contributed by atoms with Gasteiger partial charge in [0.2, 0.25) is 11.8 Å². The molecule has 7 heteroatoms. The predicted octanol–water partition coefficient (Wildman–Crippen LogP) is 1.17. The van der Waals surface area contributed by atoms with Crippen LogP contribution in [0.25, 0.3) is 0 Å². The zero-order chi connectivity index (χ0) is 19.4. The summed E-state index contributed by atoms with van der Waals surface area (Å²) in [6.07, 6.45) is 1.56. The van der Waals surface area contributed by atoms with Gasteiger partial charge in [0.25, 0.3) is 0 Å². The number of likely N-dealkylation sites (N-methyl/N-ethyl adjacent to an activating group) is 1. The van der Waals surface area contributed by atoms with E-state index < -0.39 is 0 Å². The second kappa shape index (κ2) is 8.71. The summed E-state index contributed by atoms with van der Waals surface area (Å²) < 4.78 is 5.41. The average Bonchev–Trinajstić information content (AvgIpc) is 3.08. The molecule has 0 atom stereocenters. The molecule has 2 heterocycles. The molecule has 2 saturated heterocycles. The van der Waals surface area contributed by atoms with E-state index in [1.165, 1.54) is 0 Å². The molecule has 2 fully saturated rings. The summed E-state index contributed by atoms with van der Waals surface area (Å²) in [6, 6.07) is 6.24. The van der Waals surface area contributed by atoms with Crippen LogP contribution in [-0.4, -0.2) is 82.1 Å². The van der Waals surface area contributed by atoms with Crippen molar-refractivity contribution in [1.82, 2.24) is 9.80 Å². The van der Waals surface area contributed by atoms with Gasteiger partial charge in [0, 0.05) is 77.3 Å². The molecule has 0 radical (unpaired) electrons. The molecule has 0 aromatic heterocycles. The van der Waals surface area contributed by atoms with Crippen LogP contribution in [0.5, 0.6) is 0 Å². The van der Waals surface area contributed by atoms with Crippen molar-refractivity contribution < 1.29 is 14.3 Å². The predicted molar refractivity (Wildman–Crippen MR) is 106 cm³/mol. The van der Waals surface area contributed by atoms with Crippen molar-refractivity contribution in [2.45, 2.75) is 19.4 Å². The zero-order valence-electron chi connectivity index (χ0n) is 16.6. The molecule has 3 rings (SSSR count). The first-order chi connectivity index (χ1) is 13.0. The Morgan fingerprint density at radius 2 is 1.89 bits per heavy atom. The number of ether oxygens (including phenoxy) is 1. The Bertz CT molecular complexity index is 684. The third-order valence-electron chi connectivity index (χ3n) is 5.32. The van der Waals surface area contributed by atoms with Crippen molar-refractivity contribution in [3.63, 3.8) is 0 Å². The molecule has 0 spiro atoms. The van der Waals surface area contributed by atoms with E-state index in [4.69, 9.17) is 4.74 Å². The van der Waals surface area contributed by atoms with Crippen LogP contribution in [-0.2, 0) is 20.9 Å². The number of nitrogens with zero attached hydrogens (tertiary/aromatic N) is 4. The minimum Gasteiger partial charge on any atom is -0.380 e. The third kappa shape index (κ3) is 4.59. The Kier molecular flexibility index (Phi) is 6.34. The van der Waals surface area contributed by atoms with E-state index in [0.29, 0.717) is 19.6 Å². The normalized spacial score (nSPS) is 18.3. The lowest BCUT2D eigenvalue weighted by atomic mass is 10.1. The highest BCUT2D eigenvalue weighted by Gasteiger charge is 2.25. The van der Waals surface area contributed by atoms with Gasteiger partial charge in [0.05, 0.1) is 13.2 Å². The largest absolute Gasteiger partial charge is 0.380 e. The lowest BCUT2D eigenvalue weighted by molar-refractivity contribution is -0.130. The first kappa shape index (κ1) is 19.6. The number of anilines is 2. The molecule has 0 unspecified atom stereocenters. The van der Waals surface area contributed by atoms with E-state index >= 15 is 0 Å². The van der Waals surface area contributed by atoms with Crippen molar-refractivity contribution in [2.24, 2.45) is 0 Å². The maximum atomic E-state index is 12.1. The highest BCUT2D eigenvalue weighted by Crippen LogP contribution is 2.30. The number of piperazine rings is 1. The lowest BCUT2D eigenvalue weighted by Gasteiger charge is -2.37. The minimum atomic E-state index is 0.142. The van der Waals surface area contributed by atoms with Crippen LogP contribution in [0.15, 0.2) is 18.2 Å². The summed E-state index contributed by atoms with van der Waals surface area (Å²) in [5.41, 5.74) is 3.22. The monoisotopic (exact) mass is 374 g/mol. The Morgan fingerprint density at radius 3 is 2.48 bits per heavy atom. The maximum Gasteiger partial charge on any atom is 0.236 e. The van der Waals surface area contributed by atoms with Crippen molar-refractivity contribution in [2.75, 3.05) is 70.3 Å². The fourth-order valence-electron chi connectivity index (χ4n) is 3.72. The van der Waals surface area contributed by atoms with Gasteiger partial charge in [-0.3, -0.25) is 14.5 Å². The summed E-state index contributed by atoms with van der Waals surface area (Å²) in [4.78, 5) is 32.0. The number of amides is 2. The van der Waals surface area contributed by atoms with E-state index in [1.807, 2.05) is 11.0 Å². The number of carbonyl (C=O) groups excluding carboxylic acids is 2. The second-order valence-electron chi connectivity index (χ2n) is 7.45. The van der Waals surface area contributed by atoms with Gasteiger partial charge in [-0.15, -0.1) is 0 Å². The van der Waals surface area contributed by atoms with Crippen molar-refractivity contribution in [3.05, 3.63) is 23.8 Å². The van der Waals surface area contributed by atoms with Crippen LogP contribution in [0, 0.1) is 0 Å². The van der Waals surface area contributed by atoms with E-state index in [9.17, 15) is 9.59 Å². The fraction of sp³-hybridized carbons (Fsp3) is 0.600. The molecular weight excluding hydrogens is 344 g/mol. The number of carbonyl (C=O) groups is 2. The number of hydrogen-bond donors (Lipinski definition) is 0. The highest BCUT2D eigenvalue weighted by atomic mass is 16.5. The first-order valence-electron chi connectivity index (χ1n) is 9.59. The molecule has 0 bridgehead atoms. The zero-order valence-corrected chi connectivity index (χ0v) is 16.6. The van der Waals surface area contributed by atoms with Gasteiger partial charge in [-0.05, 0) is 24.6 Å². The second-order valence-corrected chi connectivity index (χ2v) is 7.45. The average molecular weight is 374 g/mol. The molecule has 0 saturated carbocycles. The maximum absolute atomic E-state index is 12.1. The van der Waals surface area contributed by atoms with Crippen molar-refractivity contribution >= 4 is 23.2 Å². The molecule has 1 aromatic rings. The number of methoxy groups -OCH3 is 1.